The number of nitrogens with zero attached hydrogens (tertiary/aromatic N) is 3. The summed E-state index contributed by atoms with van der Waals surface area (Å²) >= 11 is 11.9. The molecule has 10 N–H and O–H groups in total. The van der Waals surface area contributed by atoms with E-state index in [1.807, 2.05) is 6.07 Å². The number of guanidine groups is 1. The number of nitrogens with one attached hydrogen (secondary N) is 4. The molecular formula is C41H37Cl2N9O7. The van der Waals surface area contributed by atoms with Gasteiger partial charge in [0.1, 0.15) is 0 Å². The minimum atomic E-state index is -0.991. The number of fused-ring (bicyclic) bond motifs is 4. The Bertz CT molecular complexity index is 2510. The molecule has 0 aliphatic carbocycles. The lowest BCUT2D eigenvalue weighted by Gasteiger charge is -2.12. The topological polar surface area (TPSA) is 264 Å². The van der Waals surface area contributed by atoms with Crippen molar-refractivity contribution in [2.45, 2.75) is 19.8 Å². The summed E-state index contributed by atoms with van der Waals surface area (Å²) in [7, 11) is 1.69. The zero-order valence-electron chi connectivity index (χ0n) is 31.6. The fourth-order valence-electron chi connectivity index (χ4n) is 5.74. The highest BCUT2D eigenvalue weighted by Crippen LogP contribution is 2.38. The van der Waals surface area contributed by atoms with E-state index in [9.17, 15) is 24.0 Å². The number of carbonyl (C=O) groups excluding carboxylic acids is 3. The highest BCUT2D eigenvalue weighted by atomic mass is 35.5. The zero-order chi connectivity index (χ0) is 43.0. The Balaban J connectivity index is 0.000000183. The number of anilines is 4. The van der Waals surface area contributed by atoms with Gasteiger partial charge in [0, 0.05) is 57.4 Å². The number of amides is 2. The average molecular weight is 839 g/mol. The number of rotatable bonds is 6. The summed E-state index contributed by atoms with van der Waals surface area (Å²) in [6.07, 6.45) is 3.19. The second-order valence-electron chi connectivity index (χ2n) is 12.9. The Labute approximate surface area is 347 Å². The summed E-state index contributed by atoms with van der Waals surface area (Å²) in [5, 5.41) is 30.0. The van der Waals surface area contributed by atoms with E-state index in [0.717, 1.165) is 5.56 Å². The Morgan fingerprint density at radius 3 is 1.85 bits per heavy atom. The van der Waals surface area contributed by atoms with E-state index >= 15 is 0 Å². The van der Waals surface area contributed by atoms with E-state index in [2.05, 4.69) is 36.2 Å². The minimum absolute atomic E-state index is 0.0527. The van der Waals surface area contributed by atoms with Crippen LogP contribution in [0.2, 0.25) is 10.0 Å². The first-order valence-electron chi connectivity index (χ1n) is 17.6. The number of hydrogen-bond donors (Lipinski definition) is 8. The van der Waals surface area contributed by atoms with Crippen LogP contribution in [0.15, 0.2) is 108 Å². The Hall–Kier alpha value is -7.30. The number of aromatic nitrogens is 2. The van der Waals surface area contributed by atoms with E-state index in [4.69, 9.17) is 44.9 Å². The van der Waals surface area contributed by atoms with E-state index in [1.165, 1.54) is 36.4 Å². The molecular weight excluding hydrogens is 801 g/mol. The summed E-state index contributed by atoms with van der Waals surface area (Å²) in [6, 6.07) is 22.3. The Morgan fingerprint density at radius 2 is 1.31 bits per heavy atom. The van der Waals surface area contributed by atoms with Gasteiger partial charge in [-0.05, 0) is 98.8 Å². The molecule has 0 bridgehead atoms. The van der Waals surface area contributed by atoms with Crippen LogP contribution in [0.4, 0.5) is 28.7 Å². The number of aromatic carboxylic acids is 2. The fraction of sp³-hybridized carbons (Fsp3) is 0.122. The minimum Gasteiger partial charge on any atom is -0.478 e. The van der Waals surface area contributed by atoms with Crippen LogP contribution >= 0.6 is 23.2 Å². The van der Waals surface area contributed by atoms with Gasteiger partial charge in [-0.1, -0.05) is 23.2 Å². The van der Waals surface area contributed by atoms with Crippen molar-refractivity contribution < 1.29 is 34.2 Å². The Morgan fingerprint density at radius 1 is 0.780 bits per heavy atom. The lowest BCUT2D eigenvalue weighted by Crippen LogP contribution is -2.22. The molecule has 0 saturated heterocycles. The molecule has 302 valence electrons. The van der Waals surface area contributed by atoms with E-state index < -0.39 is 23.8 Å². The van der Waals surface area contributed by atoms with Crippen LogP contribution < -0.4 is 32.7 Å². The fourth-order valence-corrected chi connectivity index (χ4v) is 6.09. The molecule has 59 heavy (non-hydrogen) atoms. The van der Waals surface area contributed by atoms with Gasteiger partial charge in [-0.3, -0.25) is 14.4 Å². The van der Waals surface area contributed by atoms with Crippen molar-refractivity contribution in [3.8, 4) is 11.3 Å². The van der Waals surface area contributed by atoms with Gasteiger partial charge in [-0.25, -0.2) is 24.5 Å². The molecule has 0 unspecified atom stereocenters. The third kappa shape index (κ3) is 10.6. The molecule has 0 spiro atoms. The summed E-state index contributed by atoms with van der Waals surface area (Å²) in [6.45, 7) is 3.49. The van der Waals surface area contributed by atoms with Gasteiger partial charge in [0.2, 0.25) is 17.8 Å². The maximum absolute atomic E-state index is 12.4. The predicted molar refractivity (Wildman–Crippen MR) is 226 cm³/mol. The van der Waals surface area contributed by atoms with E-state index in [1.54, 1.807) is 75.8 Å². The highest BCUT2D eigenvalue weighted by Gasteiger charge is 2.31. The summed E-state index contributed by atoms with van der Waals surface area (Å²) in [5.41, 5.74) is 15.9. The van der Waals surface area contributed by atoms with Crippen molar-refractivity contribution in [3.05, 3.63) is 135 Å². The number of carbonyl (C=O) groups is 5. The molecule has 5 aromatic rings. The molecule has 2 aliphatic heterocycles. The molecule has 1 aromatic heterocycles. The zero-order valence-corrected chi connectivity index (χ0v) is 33.1. The quantitative estimate of drug-likeness (QED) is 0.0498. The van der Waals surface area contributed by atoms with Crippen LogP contribution in [0.25, 0.3) is 11.3 Å². The standard InChI is InChI=1S/C20H15ClN4O3.C13H13ClN2O2.C8H9N3O2/c1-10-15-9-22-20(23-13-5-2-11(3-6-13)19(27)28)25-17(15)14-7-4-12(21)8-16(14)24-18(10)26;1-7-10(6-15-2)12(17)9-4-3-8(14)5-11(9)16-13(7)18;9-8(10)11-6-3-1-5(2-4-6)7(12)13/h2-10H,1H3,(H,24,26)(H,27,28)(H,22,23,25);3-7,15H,1-2H3,(H,16,18);1-4H,(H,12,13)(H4,9,10,11)/b;10-6+;/t10-;7-;/m11./s1. The van der Waals surface area contributed by atoms with Gasteiger partial charge in [0.05, 0.1) is 45.7 Å². The first-order chi connectivity index (χ1) is 28.1. The van der Waals surface area contributed by atoms with Gasteiger partial charge in [-0.15, -0.1) is 0 Å². The summed E-state index contributed by atoms with van der Waals surface area (Å²) < 4.78 is 0. The molecule has 0 fully saturated rings. The van der Waals surface area contributed by atoms with Gasteiger partial charge >= 0.3 is 11.9 Å². The smallest absolute Gasteiger partial charge is 0.335 e. The third-order valence-corrected chi connectivity index (χ3v) is 9.31. The van der Waals surface area contributed by atoms with Crippen LogP contribution in [0, 0.1) is 5.92 Å². The van der Waals surface area contributed by atoms with Crippen molar-refractivity contribution in [2.24, 2.45) is 22.4 Å². The van der Waals surface area contributed by atoms with E-state index in [-0.39, 0.29) is 34.7 Å². The molecule has 0 radical (unpaired) electrons. The van der Waals surface area contributed by atoms with Gasteiger partial charge in [0.25, 0.3) is 0 Å². The van der Waals surface area contributed by atoms with Crippen LogP contribution in [0.5, 0.6) is 0 Å². The number of nitrogens with two attached hydrogens (primary N) is 2. The van der Waals surface area contributed by atoms with Crippen LogP contribution in [0.3, 0.4) is 0 Å². The second-order valence-corrected chi connectivity index (χ2v) is 13.8. The van der Waals surface area contributed by atoms with Crippen molar-refractivity contribution in [3.63, 3.8) is 0 Å². The molecule has 0 saturated carbocycles. The predicted octanol–water partition coefficient (Wildman–Crippen LogP) is 6.80. The lowest BCUT2D eigenvalue weighted by atomic mass is 9.95. The van der Waals surface area contributed by atoms with Crippen molar-refractivity contribution >= 4 is 87.4 Å². The van der Waals surface area contributed by atoms with Crippen LogP contribution in [0.1, 0.15) is 56.4 Å². The number of Topliss-reactive ketones (excluding diaryl/α,β-unsaturated/α-hetero) is 1. The number of ketones is 1. The first-order valence-corrected chi connectivity index (χ1v) is 18.3. The van der Waals surface area contributed by atoms with Gasteiger partial charge in [0.15, 0.2) is 11.7 Å². The molecule has 3 heterocycles. The van der Waals surface area contributed by atoms with Crippen LogP contribution in [-0.2, 0) is 9.59 Å². The van der Waals surface area contributed by atoms with Gasteiger partial charge < -0.3 is 42.9 Å². The van der Waals surface area contributed by atoms with Crippen molar-refractivity contribution in [1.82, 2.24) is 15.3 Å². The lowest BCUT2D eigenvalue weighted by molar-refractivity contribution is -0.118. The maximum Gasteiger partial charge on any atom is 0.335 e. The molecule has 4 aromatic carbocycles. The number of carboxylic acid groups (broad SMARTS) is 2. The normalized spacial score (nSPS) is 15.7. The number of benzene rings is 4. The monoisotopic (exact) mass is 837 g/mol. The maximum atomic E-state index is 12.4. The first kappa shape index (κ1) is 42.8. The molecule has 16 nitrogen and oxygen atoms in total. The SMILES string of the molecule is CN/C=C1/C(=O)c2ccc(Cl)cc2NC(=O)[C@@H]1C.C[C@H]1C(=O)Nc2cc(Cl)ccc2-c2nc(Nc3ccc(C(=O)O)cc3)ncc21.NC(N)=Nc1ccc(C(=O)O)cc1. The average Bonchev–Trinajstić information content (AvgIpc) is 3.35. The largest absolute Gasteiger partial charge is 0.478 e. The number of carboxylic acids is 2. The van der Waals surface area contributed by atoms with Gasteiger partial charge in [-0.2, -0.15) is 0 Å². The third-order valence-electron chi connectivity index (χ3n) is 8.84. The number of halogens is 2. The van der Waals surface area contributed by atoms with E-state index in [0.29, 0.717) is 61.1 Å². The molecule has 18 heteroatoms. The summed E-state index contributed by atoms with van der Waals surface area (Å²) in [4.78, 5) is 70.8. The molecule has 7 rings (SSSR count). The molecule has 2 atom stereocenters. The Kier molecular flexibility index (Phi) is 13.6. The van der Waals surface area contributed by atoms with Crippen molar-refractivity contribution in [1.29, 1.82) is 0 Å². The second kappa shape index (κ2) is 18.8. The highest BCUT2D eigenvalue weighted by molar-refractivity contribution is 6.32. The molecule has 2 aliphatic rings. The molecule has 2 amide bonds. The summed E-state index contributed by atoms with van der Waals surface area (Å²) in [5.74, 6) is -3.15. The number of hydrogen-bond acceptors (Lipinski definition) is 10. The van der Waals surface area contributed by atoms with Crippen LogP contribution in [-0.4, -0.2) is 62.7 Å². The van der Waals surface area contributed by atoms with Crippen molar-refractivity contribution in [2.75, 3.05) is 23.0 Å². The number of aliphatic imine (C=N–C) groups is 1.